The Labute approximate surface area is 256 Å². The number of nitrogens with zero attached hydrogens (tertiary/aromatic N) is 1. The fourth-order valence-electron chi connectivity index (χ4n) is 5.92. The van der Waals surface area contributed by atoms with E-state index in [0.717, 1.165) is 20.2 Å². The zero-order valence-electron chi connectivity index (χ0n) is 24.0. The summed E-state index contributed by atoms with van der Waals surface area (Å²) in [5.74, 6) is -3.33. The van der Waals surface area contributed by atoms with Gasteiger partial charge in [-0.25, -0.2) is 9.18 Å². The molecule has 4 amide bonds. The number of urea groups is 1. The first kappa shape index (κ1) is 30.1. The molecule has 1 aliphatic rings. The van der Waals surface area contributed by atoms with E-state index in [2.05, 4.69) is 10.6 Å². The number of ketones is 1. The molecule has 0 bridgehead atoms. The minimum absolute atomic E-state index is 0.195. The van der Waals surface area contributed by atoms with Crippen LogP contribution in [0, 0.1) is 32.5 Å². The van der Waals surface area contributed by atoms with Gasteiger partial charge in [-0.3, -0.25) is 14.4 Å². The van der Waals surface area contributed by atoms with Gasteiger partial charge in [-0.05, 0) is 85.8 Å². The molecular weight excluding hydrogens is 588 g/mol. The van der Waals surface area contributed by atoms with E-state index in [4.69, 9.17) is 5.73 Å². The van der Waals surface area contributed by atoms with Crippen molar-refractivity contribution in [2.45, 2.75) is 45.7 Å². The van der Waals surface area contributed by atoms with Gasteiger partial charge in [0.2, 0.25) is 11.8 Å². The zero-order chi connectivity index (χ0) is 31.0. The quantitative estimate of drug-likeness (QED) is 0.203. The van der Waals surface area contributed by atoms with E-state index in [1.165, 1.54) is 58.8 Å². The highest BCUT2D eigenvalue weighted by Crippen LogP contribution is 2.53. The van der Waals surface area contributed by atoms with Crippen LogP contribution >= 0.6 is 22.7 Å². The van der Waals surface area contributed by atoms with Crippen LogP contribution in [0.25, 0.3) is 0 Å². The Balaban J connectivity index is 1.71. The molecule has 0 aliphatic carbocycles. The Hall–Kier alpha value is -4.35. The molecule has 4 atom stereocenters. The van der Waals surface area contributed by atoms with Gasteiger partial charge in [-0.1, -0.05) is 12.1 Å². The molecule has 4 unspecified atom stereocenters. The lowest BCUT2D eigenvalue weighted by atomic mass is 9.76. The van der Waals surface area contributed by atoms with Gasteiger partial charge in [-0.2, -0.15) is 0 Å². The highest BCUT2D eigenvalue weighted by molar-refractivity contribution is 7.12. The van der Waals surface area contributed by atoms with Crippen LogP contribution in [0.15, 0.2) is 66.0 Å². The predicted molar refractivity (Wildman–Crippen MR) is 167 cm³/mol. The van der Waals surface area contributed by atoms with Gasteiger partial charge in [0.1, 0.15) is 11.9 Å². The summed E-state index contributed by atoms with van der Waals surface area (Å²) in [4.78, 5) is 57.7. The summed E-state index contributed by atoms with van der Waals surface area (Å²) in [7, 11) is 0. The van der Waals surface area contributed by atoms with Crippen molar-refractivity contribution in [3.63, 3.8) is 0 Å². The highest BCUT2D eigenvalue weighted by Gasteiger charge is 2.58. The Morgan fingerprint density at radius 2 is 1.53 bits per heavy atom. The number of anilines is 2. The number of halogens is 1. The number of hydrogen-bond donors (Lipinski definition) is 3. The fourth-order valence-corrected chi connectivity index (χ4v) is 7.92. The first-order valence-electron chi connectivity index (χ1n) is 13.6. The molecule has 0 saturated carbocycles. The van der Waals surface area contributed by atoms with Crippen molar-refractivity contribution in [2.75, 3.05) is 10.6 Å². The summed E-state index contributed by atoms with van der Waals surface area (Å²) in [6.07, 6.45) is 0. The summed E-state index contributed by atoms with van der Waals surface area (Å²) < 4.78 is 13.6. The minimum atomic E-state index is -1.20. The number of rotatable bonds is 7. The molecule has 2 aromatic carbocycles. The van der Waals surface area contributed by atoms with E-state index >= 15 is 0 Å². The molecule has 1 saturated heterocycles. The molecule has 222 valence electrons. The maximum Gasteiger partial charge on any atom is 0.323 e. The number of primary amides is 1. The molecule has 3 heterocycles. The van der Waals surface area contributed by atoms with Crippen LogP contribution in [0.5, 0.6) is 0 Å². The molecule has 4 N–H and O–H groups in total. The Bertz CT molecular complexity index is 1700. The monoisotopic (exact) mass is 618 g/mol. The van der Waals surface area contributed by atoms with Crippen molar-refractivity contribution in [3.8, 4) is 0 Å². The standard InChI is InChI=1S/C32H31FN4O4S2/c1-16-13-14-42-30(16)27-26(29(39)24-15-17(2)43-18(24)3)25(20-5-9-22(10-6-20)35-19(4)38)28(31(34)40)37(27)32(41)36-23-11-7-21(33)8-12-23/h5-15,25-28H,1-4H3,(H2,34,40)(H,35,38)(H,36,41). The third-order valence-corrected chi connectivity index (χ3v) is 9.74. The average molecular weight is 619 g/mol. The molecule has 43 heavy (non-hydrogen) atoms. The fraction of sp³-hybridized carbons (Fsp3) is 0.250. The summed E-state index contributed by atoms with van der Waals surface area (Å²) in [5.41, 5.74) is 8.98. The number of benzene rings is 2. The molecule has 5 rings (SSSR count). The molecule has 1 aliphatic heterocycles. The van der Waals surface area contributed by atoms with Crippen LogP contribution < -0.4 is 16.4 Å². The smallest absolute Gasteiger partial charge is 0.323 e. The Morgan fingerprint density at radius 1 is 0.907 bits per heavy atom. The van der Waals surface area contributed by atoms with Crippen LogP contribution in [0.3, 0.4) is 0 Å². The number of thiophene rings is 2. The van der Waals surface area contributed by atoms with E-state index < -0.39 is 41.7 Å². The number of amides is 4. The van der Waals surface area contributed by atoms with Crippen LogP contribution in [-0.2, 0) is 9.59 Å². The van der Waals surface area contributed by atoms with Crippen molar-refractivity contribution in [2.24, 2.45) is 11.7 Å². The van der Waals surface area contributed by atoms with Crippen LogP contribution in [0.4, 0.5) is 20.6 Å². The summed E-state index contributed by atoms with van der Waals surface area (Å²) in [6, 6.07) is 13.3. The second-order valence-electron chi connectivity index (χ2n) is 10.7. The van der Waals surface area contributed by atoms with Crippen LogP contribution in [0.2, 0.25) is 0 Å². The van der Waals surface area contributed by atoms with Gasteiger partial charge in [0.05, 0.1) is 12.0 Å². The van der Waals surface area contributed by atoms with Gasteiger partial charge in [-0.15, -0.1) is 22.7 Å². The third-order valence-electron chi connectivity index (χ3n) is 7.68. The molecule has 1 fully saturated rings. The largest absolute Gasteiger partial charge is 0.368 e. The summed E-state index contributed by atoms with van der Waals surface area (Å²) in [6.45, 7) is 7.11. The lowest BCUT2D eigenvalue weighted by molar-refractivity contribution is -0.122. The molecule has 11 heteroatoms. The van der Waals surface area contributed by atoms with Gasteiger partial charge >= 0.3 is 6.03 Å². The number of nitrogens with one attached hydrogen (secondary N) is 2. The highest BCUT2D eigenvalue weighted by atomic mass is 32.1. The Morgan fingerprint density at radius 3 is 2.07 bits per heavy atom. The number of carbonyl (C=O) groups is 4. The van der Waals surface area contributed by atoms with Crippen molar-refractivity contribution in [1.29, 1.82) is 0 Å². The number of nitrogens with two attached hydrogens (primary N) is 1. The minimum Gasteiger partial charge on any atom is -0.368 e. The van der Waals surface area contributed by atoms with E-state index in [1.54, 1.807) is 24.3 Å². The van der Waals surface area contributed by atoms with Crippen molar-refractivity contribution < 1.29 is 23.6 Å². The lowest BCUT2D eigenvalue weighted by Crippen LogP contribution is -2.48. The van der Waals surface area contributed by atoms with Crippen LogP contribution in [-0.4, -0.2) is 34.6 Å². The first-order valence-corrected chi connectivity index (χ1v) is 15.3. The second kappa shape index (κ2) is 12.1. The molecule has 4 aromatic rings. The van der Waals surface area contributed by atoms with E-state index in [1.807, 2.05) is 38.3 Å². The van der Waals surface area contributed by atoms with Gasteiger partial charge in [0.15, 0.2) is 5.78 Å². The number of likely N-dealkylation sites (tertiary alicyclic amines) is 1. The maximum atomic E-state index is 14.6. The van der Waals surface area contributed by atoms with Crippen molar-refractivity contribution in [1.82, 2.24) is 4.90 Å². The van der Waals surface area contributed by atoms with Gasteiger partial charge in [0, 0.05) is 44.4 Å². The zero-order valence-corrected chi connectivity index (χ0v) is 25.6. The van der Waals surface area contributed by atoms with E-state index in [9.17, 15) is 23.6 Å². The SMILES string of the molecule is CC(=O)Nc1ccc(C2C(C(=O)c3cc(C)sc3C)C(c3sccc3C)N(C(=O)Nc3ccc(F)cc3)C2C(N)=O)cc1. The number of carbonyl (C=O) groups excluding carboxylic acids is 4. The number of Topliss-reactive ketones (excluding diaryl/α,β-unsaturated/α-hetero) is 1. The van der Waals surface area contributed by atoms with E-state index in [-0.39, 0.29) is 11.7 Å². The van der Waals surface area contributed by atoms with Crippen molar-refractivity contribution >= 4 is 57.7 Å². The molecule has 0 spiro atoms. The normalized spacial score (nSPS) is 19.7. The average Bonchev–Trinajstić information content (AvgIpc) is 3.63. The molecular formula is C32H31FN4O4S2. The molecule has 2 aromatic heterocycles. The Kier molecular flexibility index (Phi) is 8.48. The van der Waals surface area contributed by atoms with E-state index in [0.29, 0.717) is 22.5 Å². The number of hydrogen-bond acceptors (Lipinski definition) is 6. The van der Waals surface area contributed by atoms with Crippen LogP contribution in [0.1, 0.15) is 55.0 Å². The summed E-state index contributed by atoms with van der Waals surface area (Å²) >= 11 is 2.91. The van der Waals surface area contributed by atoms with Gasteiger partial charge in [0.25, 0.3) is 0 Å². The second-order valence-corrected chi connectivity index (χ2v) is 13.1. The van der Waals surface area contributed by atoms with Crippen molar-refractivity contribution in [3.05, 3.63) is 103 Å². The number of aryl methyl sites for hydroxylation is 3. The first-order chi connectivity index (χ1) is 20.5. The lowest BCUT2D eigenvalue weighted by Gasteiger charge is -2.30. The predicted octanol–water partition coefficient (Wildman–Crippen LogP) is 6.56. The molecule has 0 radical (unpaired) electrons. The third kappa shape index (κ3) is 5.95. The maximum absolute atomic E-state index is 14.6. The van der Waals surface area contributed by atoms with Gasteiger partial charge < -0.3 is 21.3 Å². The summed E-state index contributed by atoms with van der Waals surface area (Å²) in [5, 5.41) is 7.40. The topological polar surface area (TPSA) is 122 Å². The molecule has 8 nitrogen and oxygen atoms in total.